The Morgan fingerprint density at radius 3 is 2.56 bits per heavy atom. The van der Waals surface area contributed by atoms with Crippen LogP contribution >= 0.6 is 11.6 Å². The highest BCUT2D eigenvalue weighted by Crippen LogP contribution is 2.45. The SMILES string of the molecule is COCCOC1CCC(C(=O)NC2CC(NC(=O)COc3ccc(Cl)c(F)c3)C3CC2C3)NC1. The summed E-state index contributed by atoms with van der Waals surface area (Å²) in [5, 5.41) is 9.56. The van der Waals surface area contributed by atoms with Crippen LogP contribution in [0.4, 0.5) is 4.39 Å². The molecule has 10 heteroatoms. The maximum absolute atomic E-state index is 13.5. The summed E-state index contributed by atoms with van der Waals surface area (Å²) in [7, 11) is 1.64. The predicted molar refractivity (Wildman–Crippen MR) is 124 cm³/mol. The number of hydrogen-bond donors (Lipinski definition) is 3. The Morgan fingerprint density at radius 2 is 1.88 bits per heavy atom. The van der Waals surface area contributed by atoms with E-state index >= 15 is 0 Å². The van der Waals surface area contributed by atoms with E-state index in [2.05, 4.69) is 16.0 Å². The minimum atomic E-state index is -0.590. The summed E-state index contributed by atoms with van der Waals surface area (Å²) in [5.41, 5.74) is 0. The molecule has 0 spiro atoms. The predicted octanol–water partition coefficient (Wildman–Crippen LogP) is 2.04. The standard InChI is InChI=1S/C24H33ClFN3O5/c1-32-6-7-33-17-3-5-20(27-12-17)24(31)29-22-11-21(14-8-15(22)9-14)28-23(30)13-34-16-2-4-18(25)19(26)10-16/h2,4,10,14-15,17,20-22,27H,3,5-9,11-13H2,1H3,(H,28,30)(H,29,31). The molecule has 4 aliphatic rings. The van der Waals surface area contributed by atoms with Gasteiger partial charge in [0.05, 0.1) is 30.4 Å². The van der Waals surface area contributed by atoms with Crippen molar-refractivity contribution in [3.63, 3.8) is 0 Å². The zero-order valence-corrected chi connectivity index (χ0v) is 20.1. The van der Waals surface area contributed by atoms with Crippen molar-refractivity contribution in [3.05, 3.63) is 29.0 Å². The maximum Gasteiger partial charge on any atom is 0.258 e. The first-order valence-electron chi connectivity index (χ1n) is 11.9. The third-order valence-corrected chi connectivity index (χ3v) is 7.43. The van der Waals surface area contributed by atoms with Gasteiger partial charge >= 0.3 is 0 Å². The highest BCUT2D eigenvalue weighted by molar-refractivity contribution is 6.30. The first-order valence-corrected chi connectivity index (χ1v) is 12.3. The molecule has 0 aromatic heterocycles. The van der Waals surface area contributed by atoms with Crippen LogP contribution in [0.25, 0.3) is 0 Å². The van der Waals surface area contributed by atoms with Crippen LogP contribution in [0.2, 0.25) is 5.02 Å². The second kappa shape index (κ2) is 11.7. The van der Waals surface area contributed by atoms with Crippen molar-refractivity contribution in [1.29, 1.82) is 0 Å². The van der Waals surface area contributed by atoms with Gasteiger partial charge in [-0.2, -0.15) is 0 Å². The van der Waals surface area contributed by atoms with Crippen LogP contribution in [0, 0.1) is 17.7 Å². The largest absolute Gasteiger partial charge is 0.484 e. The second-order valence-electron chi connectivity index (χ2n) is 9.40. The van der Waals surface area contributed by atoms with E-state index in [1.807, 2.05) is 0 Å². The van der Waals surface area contributed by atoms with E-state index in [4.69, 9.17) is 25.8 Å². The topological polar surface area (TPSA) is 97.9 Å². The lowest BCUT2D eigenvalue weighted by Crippen LogP contribution is -2.62. The minimum Gasteiger partial charge on any atom is -0.484 e. The van der Waals surface area contributed by atoms with Gasteiger partial charge < -0.3 is 30.2 Å². The molecule has 3 aliphatic carbocycles. The van der Waals surface area contributed by atoms with Crippen molar-refractivity contribution in [1.82, 2.24) is 16.0 Å². The van der Waals surface area contributed by atoms with Crippen molar-refractivity contribution in [2.24, 2.45) is 11.8 Å². The molecular weight excluding hydrogens is 465 g/mol. The summed E-state index contributed by atoms with van der Waals surface area (Å²) >= 11 is 5.67. The van der Waals surface area contributed by atoms with Crippen molar-refractivity contribution >= 4 is 23.4 Å². The smallest absolute Gasteiger partial charge is 0.258 e. The molecule has 4 atom stereocenters. The van der Waals surface area contributed by atoms with Gasteiger partial charge in [-0.1, -0.05) is 11.6 Å². The van der Waals surface area contributed by atoms with Crippen molar-refractivity contribution in [2.45, 2.75) is 56.3 Å². The lowest BCUT2D eigenvalue weighted by atomic mass is 9.60. The number of hydrogen-bond acceptors (Lipinski definition) is 6. The average molecular weight is 498 g/mol. The van der Waals surface area contributed by atoms with E-state index in [1.54, 1.807) is 7.11 Å². The lowest BCUT2D eigenvalue weighted by molar-refractivity contribution is -0.128. The molecular formula is C24H33ClFN3O5. The zero-order valence-electron chi connectivity index (χ0n) is 19.4. The number of piperidine rings is 1. The number of amides is 2. The second-order valence-corrected chi connectivity index (χ2v) is 9.81. The fraction of sp³-hybridized carbons (Fsp3) is 0.667. The Bertz CT molecular complexity index is 861. The van der Waals surface area contributed by atoms with Gasteiger partial charge in [-0.05, 0) is 56.1 Å². The van der Waals surface area contributed by atoms with Gasteiger partial charge in [-0.3, -0.25) is 9.59 Å². The first kappa shape index (κ1) is 25.2. The van der Waals surface area contributed by atoms with Crippen LogP contribution in [0.15, 0.2) is 18.2 Å². The Hall–Kier alpha value is -1.94. The molecule has 1 heterocycles. The van der Waals surface area contributed by atoms with Gasteiger partial charge in [0.25, 0.3) is 5.91 Å². The quantitative estimate of drug-likeness (QED) is 0.428. The van der Waals surface area contributed by atoms with E-state index < -0.39 is 5.82 Å². The van der Waals surface area contributed by atoms with Gasteiger partial charge in [-0.25, -0.2) is 4.39 Å². The number of carbonyl (C=O) groups excluding carboxylic acids is 2. The highest BCUT2D eigenvalue weighted by atomic mass is 35.5. The molecule has 0 radical (unpaired) electrons. The number of fused-ring (bicyclic) bond motifs is 2. The monoisotopic (exact) mass is 497 g/mol. The number of rotatable bonds is 10. The molecule has 2 bridgehead atoms. The van der Waals surface area contributed by atoms with Gasteiger partial charge in [-0.15, -0.1) is 0 Å². The summed E-state index contributed by atoms with van der Waals surface area (Å²) in [4.78, 5) is 25.3. The molecule has 4 unspecified atom stereocenters. The molecule has 3 N–H and O–H groups in total. The van der Waals surface area contributed by atoms with Crippen LogP contribution in [0.3, 0.4) is 0 Å². The van der Waals surface area contributed by atoms with Crippen LogP contribution in [-0.4, -0.2) is 69.5 Å². The zero-order chi connectivity index (χ0) is 24.1. The van der Waals surface area contributed by atoms with E-state index in [9.17, 15) is 14.0 Å². The molecule has 5 rings (SSSR count). The number of ether oxygens (including phenoxy) is 3. The van der Waals surface area contributed by atoms with E-state index in [-0.39, 0.29) is 53.4 Å². The fourth-order valence-corrected chi connectivity index (χ4v) is 5.24. The van der Waals surface area contributed by atoms with Crippen molar-refractivity contribution < 1.29 is 28.2 Å². The molecule has 8 nitrogen and oxygen atoms in total. The normalized spacial score (nSPS) is 30.2. The molecule has 2 amide bonds. The van der Waals surface area contributed by atoms with Crippen LogP contribution < -0.4 is 20.7 Å². The summed E-state index contributed by atoms with van der Waals surface area (Å²) < 4.78 is 29.7. The van der Waals surface area contributed by atoms with E-state index in [1.165, 1.54) is 12.1 Å². The average Bonchev–Trinajstić information content (AvgIpc) is 2.79. The Morgan fingerprint density at radius 1 is 1.12 bits per heavy atom. The van der Waals surface area contributed by atoms with Gasteiger partial charge in [0.1, 0.15) is 11.6 Å². The highest BCUT2D eigenvalue weighted by Gasteiger charge is 2.47. The number of nitrogens with one attached hydrogen (secondary N) is 3. The van der Waals surface area contributed by atoms with Gasteiger partial charge in [0, 0.05) is 31.8 Å². The summed E-state index contributed by atoms with van der Waals surface area (Å²) in [5.74, 6) is 0.304. The maximum atomic E-state index is 13.5. The third kappa shape index (κ3) is 6.38. The number of methoxy groups -OCH3 is 1. The molecule has 4 fully saturated rings. The first-order chi connectivity index (χ1) is 16.4. The number of halogens is 2. The summed E-state index contributed by atoms with van der Waals surface area (Å²) in [6.45, 7) is 1.56. The molecule has 1 saturated heterocycles. The van der Waals surface area contributed by atoms with E-state index in [0.29, 0.717) is 38.0 Å². The molecule has 3 saturated carbocycles. The molecule has 34 heavy (non-hydrogen) atoms. The molecule has 1 aromatic rings. The minimum absolute atomic E-state index is 0.00490. The Kier molecular flexibility index (Phi) is 8.63. The summed E-state index contributed by atoms with van der Waals surface area (Å²) in [6, 6.07) is 3.89. The summed E-state index contributed by atoms with van der Waals surface area (Å²) in [6.07, 6.45) is 4.36. The fourth-order valence-electron chi connectivity index (χ4n) is 5.12. The van der Waals surface area contributed by atoms with Crippen LogP contribution in [0.1, 0.15) is 32.1 Å². The molecule has 1 aliphatic heterocycles. The van der Waals surface area contributed by atoms with Crippen LogP contribution in [0.5, 0.6) is 5.75 Å². The number of carbonyl (C=O) groups is 2. The number of benzene rings is 1. The van der Waals surface area contributed by atoms with Crippen LogP contribution in [-0.2, 0) is 19.1 Å². The van der Waals surface area contributed by atoms with Crippen molar-refractivity contribution in [2.75, 3.05) is 33.5 Å². The van der Waals surface area contributed by atoms with Crippen molar-refractivity contribution in [3.8, 4) is 5.75 Å². The Balaban J connectivity index is 1.19. The lowest BCUT2D eigenvalue weighted by Gasteiger charge is -2.51. The molecule has 1 aromatic carbocycles. The van der Waals surface area contributed by atoms with Gasteiger partial charge in [0.15, 0.2) is 6.61 Å². The Labute approximate surface area is 204 Å². The molecule has 188 valence electrons. The third-order valence-electron chi connectivity index (χ3n) is 7.12. The van der Waals surface area contributed by atoms with E-state index in [0.717, 1.165) is 31.7 Å². The van der Waals surface area contributed by atoms with Gasteiger partial charge in [0.2, 0.25) is 5.91 Å².